The molecule has 3 nitrogen and oxygen atoms in total. The third-order valence-electron chi connectivity index (χ3n) is 2.41. The minimum absolute atomic E-state index is 0.0133. The number of hydrogen-bond acceptors (Lipinski definition) is 1. The average Bonchev–Trinajstić information content (AvgIpc) is 2.63. The first-order valence-corrected chi connectivity index (χ1v) is 5.19. The smallest absolute Gasteiger partial charge is 0.336 e. The Morgan fingerprint density at radius 3 is 2.59 bits per heavy atom. The second kappa shape index (κ2) is 4.10. The Bertz CT molecular complexity index is 461. The Labute approximate surface area is 100 Å². The molecular weight excluding hydrogens is 257 g/mol. The summed E-state index contributed by atoms with van der Waals surface area (Å²) in [6.07, 6.45) is -4.54. The first-order chi connectivity index (χ1) is 7.89. The van der Waals surface area contributed by atoms with E-state index in [1.807, 2.05) is 0 Å². The van der Waals surface area contributed by atoms with Crippen LogP contribution in [0.15, 0.2) is 18.2 Å². The molecule has 1 fully saturated rings. The van der Waals surface area contributed by atoms with Crippen LogP contribution in [0.2, 0.25) is 5.02 Å². The van der Waals surface area contributed by atoms with Gasteiger partial charge in [0.1, 0.15) is 0 Å². The maximum Gasteiger partial charge on any atom is 0.418 e. The Balaban J connectivity index is 2.50. The fourth-order valence-corrected chi connectivity index (χ4v) is 1.84. The number of urea groups is 1. The van der Waals surface area contributed by atoms with Crippen LogP contribution in [0.3, 0.4) is 0 Å². The number of amides is 2. The molecule has 1 aromatic rings. The molecular formula is C10H8ClF3N2O. The molecule has 0 saturated carbocycles. The van der Waals surface area contributed by atoms with Crippen molar-refractivity contribution in [3.8, 4) is 0 Å². The largest absolute Gasteiger partial charge is 0.418 e. The number of rotatable bonds is 1. The Morgan fingerprint density at radius 2 is 2.06 bits per heavy atom. The van der Waals surface area contributed by atoms with E-state index >= 15 is 0 Å². The second-order valence-corrected chi connectivity index (χ2v) is 3.98. The van der Waals surface area contributed by atoms with E-state index in [-0.39, 0.29) is 17.3 Å². The van der Waals surface area contributed by atoms with Crippen molar-refractivity contribution < 1.29 is 18.0 Å². The molecule has 0 aromatic heterocycles. The quantitative estimate of drug-likeness (QED) is 0.831. The number of anilines is 1. The monoisotopic (exact) mass is 264 g/mol. The van der Waals surface area contributed by atoms with Crippen LogP contribution in [0.5, 0.6) is 0 Å². The molecule has 1 aliphatic rings. The first kappa shape index (κ1) is 12.0. The molecule has 0 aliphatic carbocycles. The van der Waals surface area contributed by atoms with Gasteiger partial charge in [0.25, 0.3) is 0 Å². The van der Waals surface area contributed by atoms with Gasteiger partial charge in [-0.25, -0.2) is 4.79 Å². The van der Waals surface area contributed by atoms with Gasteiger partial charge in [0.2, 0.25) is 0 Å². The summed E-state index contributed by atoms with van der Waals surface area (Å²) in [5.74, 6) is 0. The van der Waals surface area contributed by atoms with E-state index < -0.39 is 17.8 Å². The van der Waals surface area contributed by atoms with E-state index in [0.717, 1.165) is 11.0 Å². The number of hydrogen-bond donors (Lipinski definition) is 1. The van der Waals surface area contributed by atoms with Gasteiger partial charge in [-0.1, -0.05) is 11.6 Å². The first-order valence-electron chi connectivity index (χ1n) is 4.82. The van der Waals surface area contributed by atoms with Crippen molar-refractivity contribution in [3.63, 3.8) is 0 Å². The molecule has 0 atom stereocenters. The molecule has 0 spiro atoms. The van der Waals surface area contributed by atoms with E-state index in [2.05, 4.69) is 5.32 Å². The minimum Gasteiger partial charge on any atom is -0.336 e. The molecule has 92 valence electrons. The summed E-state index contributed by atoms with van der Waals surface area (Å²) in [6, 6.07) is 2.83. The Morgan fingerprint density at radius 1 is 1.35 bits per heavy atom. The molecule has 2 rings (SSSR count). The molecule has 2 amide bonds. The van der Waals surface area contributed by atoms with Crippen LogP contribution >= 0.6 is 11.6 Å². The van der Waals surface area contributed by atoms with Gasteiger partial charge in [-0.2, -0.15) is 13.2 Å². The topological polar surface area (TPSA) is 32.3 Å². The van der Waals surface area contributed by atoms with Gasteiger partial charge < -0.3 is 5.32 Å². The standard InChI is InChI=1S/C10H8ClF3N2O/c11-6-1-2-8(7(5-6)10(12,13)14)16-4-3-15-9(16)17/h1-2,5H,3-4H2,(H,15,17). The highest BCUT2D eigenvalue weighted by Crippen LogP contribution is 2.38. The maximum absolute atomic E-state index is 12.8. The molecule has 1 saturated heterocycles. The third-order valence-corrected chi connectivity index (χ3v) is 2.65. The fraction of sp³-hybridized carbons (Fsp3) is 0.300. The van der Waals surface area contributed by atoms with Crippen molar-refractivity contribution in [1.82, 2.24) is 5.32 Å². The highest BCUT2D eigenvalue weighted by atomic mass is 35.5. The molecule has 0 unspecified atom stereocenters. The van der Waals surface area contributed by atoms with Crippen molar-refractivity contribution in [2.45, 2.75) is 6.18 Å². The molecule has 1 aromatic carbocycles. The minimum atomic E-state index is -4.54. The average molecular weight is 265 g/mol. The predicted molar refractivity (Wildman–Crippen MR) is 57.2 cm³/mol. The molecule has 0 bridgehead atoms. The lowest BCUT2D eigenvalue weighted by molar-refractivity contribution is -0.137. The van der Waals surface area contributed by atoms with Gasteiger partial charge in [-0.15, -0.1) is 0 Å². The van der Waals surface area contributed by atoms with E-state index in [0.29, 0.717) is 6.54 Å². The lowest BCUT2D eigenvalue weighted by Crippen LogP contribution is -2.29. The number of carbonyl (C=O) groups is 1. The summed E-state index contributed by atoms with van der Waals surface area (Å²) in [7, 11) is 0. The lowest BCUT2D eigenvalue weighted by Gasteiger charge is -2.20. The molecule has 1 aliphatic heterocycles. The zero-order chi connectivity index (χ0) is 12.6. The summed E-state index contributed by atoms with van der Waals surface area (Å²) in [5.41, 5.74) is -1.07. The summed E-state index contributed by atoms with van der Waals surface area (Å²) in [4.78, 5) is 12.4. The molecule has 17 heavy (non-hydrogen) atoms. The Hall–Kier alpha value is -1.43. The van der Waals surface area contributed by atoms with Crippen LogP contribution in [-0.4, -0.2) is 19.1 Å². The van der Waals surface area contributed by atoms with Crippen molar-refractivity contribution in [2.75, 3.05) is 18.0 Å². The number of alkyl halides is 3. The van der Waals surface area contributed by atoms with Crippen molar-refractivity contribution in [2.24, 2.45) is 0 Å². The van der Waals surface area contributed by atoms with Crippen LogP contribution < -0.4 is 10.2 Å². The van der Waals surface area contributed by atoms with E-state index in [1.54, 1.807) is 0 Å². The molecule has 0 radical (unpaired) electrons. The Kier molecular flexibility index (Phi) is 2.91. The van der Waals surface area contributed by atoms with Gasteiger partial charge in [0.15, 0.2) is 0 Å². The number of nitrogens with zero attached hydrogens (tertiary/aromatic N) is 1. The maximum atomic E-state index is 12.8. The molecule has 7 heteroatoms. The molecule has 1 N–H and O–H groups in total. The van der Waals surface area contributed by atoms with Crippen molar-refractivity contribution in [1.29, 1.82) is 0 Å². The summed E-state index contributed by atoms with van der Waals surface area (Å²) < 4.78 is 38.4. The van der Waals surface area contributed by atoms with Gasteiger partial charge in [-0.3, -0.25) is 4.90 Å². The number of halogens is 4. The van der Waals surface area contributed by atoms with Gasteiger partial charge in [-0.05, 0) is 18.2 Å². The normalized spacial score (nSPS) is 16.2. The van der Waals surface area contributed by atoms with E-state index in [4.69, 9.17) is 11.6 Å². The summed E-state index contributed by atoms with van der Waals surface area (Å²) in [5, 5.41) is 2.43. The van der Waals surface area contributed by atoms with Crippen molar-refractivity contribution in [3.05, 3.63) is 28.8 Å². The highest BCUT2D eigenvalue weighted by Gasteiger charge is 2.37. The summed E-state index contributed by atoms with van der Waals surface area (Å²) >= 11 is 5.55. The zero-order valence-corrected chi connectivity index (χ0v) is 9.27. The van der Waals surface area contributed by atoms with Gasteiger partial charge in [0, 0.05) is 18.1 Å². The number of carbonyl (C=O) groups excluding carboxylic acids is 1. The van der Waals surface area contributed by atoms with Crippen LogP contribution in [0.1, 0.15) is 5.56 Å². The van der Waals surface area contributed by atoms with Crippen LogP contribution in [0.25, 0.3) is 0 Å². The zero-order valence-electron chi connectivity index (χ0n) is 8.51. The summed E-state index contributed by atoms with van der Waals surface area (Å²) in [6.45, 7) is 0.544. The van der Waals surface area contributed by atoms with E-state index in [9.17, 15) is 18.0 Å². The van der Waals surface area contributed by atoms with Crippen LogP contribution in [0.4, 0.5) is 23.7 Å². The SMILES string of the molecule is O=C1NCCN1c1ccc(Cl)cc1C(F)(F)F. The van der Waals surface area contributed by atoms with Crippen LogP contribution in [-0.2, 0) is 6.18 Å². The predicted octanol–water partition coefficient (Wildman–Crippen LogP) is 2.89. The van der Waals surface area contributed by atoms with Crippen molar-refractivity contribution >= 4 is 23.3 Å². The third kappa shape index (κ3) is 2.31. The highest BCUT2D eigenvalue weighted by molar-refractivity contribution is 6.30. The second-order valence-electron chi connectivity index (χ2n) is 3.54. The number of benzene rings is 1. The number of nitrogens with one attached hydrogen (secondary N) is 1. The van der Waals surface area contributed by atoms with Gasteiger partial charge in [0.05, 0.1) is 11.3 Å². The fourth-order valence-electron chi connectivity index (χ4n) is 1.67. The van der Waals surface area contributed by atoms with Gasteiger partial charge >= 0.3 is 12.2 Å². The lowest BCUT2D eigenvalue weighted by atomic mass is 10.1. The van der Waals surface area contributed by atoms with Crippen LogP contribution in [0, 0.1) is 0 Å². The molecule has 1 heterocycles. The van der Waals surface area contributed by atoms with E-state index in [1.165, 1.54) is 12.1 Å².